The summed E-state index contributed by atoms with van der Waals surface area (Å²) in [5.41, 5.74) is 0. The average molecular weight is 397 g/mol. The first-order valence-electron chi connectivity index (χ1n) is 7.21. The number of amides is 2. The van der Waals surface area contributed by atoms with Crippen LogP contribution in [0.25, 0.3) is 0 Å². The van der Waals surface area contributed by atoms with E-state index in [0.717, 1.165) is 20.7 Å². The van der Waals surface area contributed by atoms with E-state index >= 15 is 0 Å². The fraction of sp³-hybridized carbons (Fsp3) is 0.312. The van der Waals surface area contributed by atoms with E-state index in [4.69, 9.17) is 20.7 Å². The van der Waals surface area contributed by atoms with Gasteiger partial charge in [-0.2, -0.15) is 0 Å². The van der Waals surface area contributed by atoms with E-state index in [1.807, 2.05) is 0 Å². The number of hydrogen-bond donors (Lipinski definition) is 0. The maximum Gasteiger partial charge on any atom is 0.447 e. The molecule has 0 bridgehead atoms. The van der Waals surface area contributed by atoms with E-state index in [0.29, 0.717) is 10.8 Å². The molecule has 1 aromatic carbocycles. The number of ether oxygens (including phenoxy) is 2. The monoisotopic (exact) mass is 397 g/mol. The zero-order valence-electron chi connectivity index (χ0n) is 14.8. The zero-order valence-corrected chi connectivity index (χ0v) is 16.4. The molecule has 0 heterocycles. The zero-order chi connectivity index (χ0) is 19.5. The van der Waals surface area contributed by atoms with Crippen molar-refractivity contribution in [2.24, 2.45) is 5.16 Å². The molecule has 0 radical (unpaired) electrons. The highest BCUT2D eigenvalue weighted by Crippen LogP contribution is 2.27. The minimum absolute atomic E-state index is 0.0453. The normalized spacial score (nSPS) is 10.5. The summed E-state index contributed by atoms with van der Waals surface area (Å²) in [6.07, 6.45) is 5.51. The number of carbonyl (C=O) groups is 2. The lowest BCUT2D eigenvalue weighted by molar-refractivity contribution is 0.136. The van der Waals surface area contributed by atoms with Crippen LogP contribution in [0.4, 0.5) is 9.59 Å². The van der Waals surface area contributed by atoms with Crippen LogP contribution < -0.4 is 9.47 Å². The van der Waals surface area contributed by atoms with Crippen LogP contribution in [0.2, 0.25) is 0 Å². The number of benzene rings is 1. The van der Waals surface area contributed by atoms with Crippen LogP contribution in [-0.4, -0.2) is 52.8 Å². The van der Waals surface area contributed by atoms with Crippen LogP contribution in [0.1, 0.15) is 6.92 Å². The topological polar surface area (TPSA) is 80.7 Å². The third kappa shape index (κ3) is 7.16. The molecule has 0 N–H and O–H groups in total. The van der Waals surface area contributed by atoms with E-state index in [9.17, 15) is 9.59 Å². The number of carbonyl (C=O) groups excluding carboxylic acids is 2. The Morgan fingerprint density at radius 1 is 1.19 bits per heavy atom. The molecule has 0 saturated heterocycles. The molecule has 0 aliphatic rings. The molecule has 0 unspecified atom stereocenters. The number of hydrogen-bond acceptors (Lipinski definition) is 8. The fourth-order valence-electron chi connectivity index (χ4n) is 1.38. The summed E-state index contributed by atoms with van der Waals surface area (Å²) in [5, 5.41) is 4.22. The number of nitrogens with zero attached hydrogens (tertiary/aromatic N) is 3. The number of oxime groups is 1. The number of thioether (sulfide) groups is 1. The van der Waals surface area contributed by atoms with E-state index in [1.54, 1.807) is 37.4 Å². The predicted octanol–water partition coefficient (Wildman–Crippen LogP) is 3.46. The first-order valence-corrected chi connectivity index (χ1v) is 9.16. The Morgan fingerprint density at radius 3 is 2.42 bits per heavy atom. The molecular weight excluding hydrogens is 378 g/mol. The molecule has 1 rings (SSSR count). The molecule has 0 aliphatic heterocycles. The average Bonchev–Trinajstić information content (AvgIpc) is 2.64. The second kappa shape index (κ2) is 11.2. The molecule has 8 nitrogen and oxygen atoms in total. The Morgan fingerprint density at radius 2 is 1.81 bits per heavy atom. The van der Waals surface area contributed by atoms with Crippen LogP contribution in [0.3, 0.4) is 0 Å². The fourth-order valence-corrected chi connectivity index (χ4v) is 2.06. The predicted molar refractivity (Wildman–Crippen MR) is 103 cm³/mol. The van der Waals surface area contributed by atoms with Gasteiger partial charge in [0.05, 0.1) is 12.1 Å². The summed E-state index contributed by atoms with van der Waals surface area (Å²) in [7, 11) is 2.88. The summed E-state index contributed by atoms with van der Waals surface area (Å²) >= 11 is 2.13. The minimum Gasteiger partial charge on any atom is -0.477 e. The van der Waals surface area contributed by atoms with Crippen molar-refractivity contribution in [2.75, 3.05) is 27.0 Å². The lowest BCUT2D eigenvalue weighted by Gasteiger charge is -2.20. The van der Waals surface area contributed by atoms with Crippen LogP contribution in [-0.2, 0) is 4.84 Å². The molecule has 0 saturated carbocycles. The Bertz CT molecular complexity index is 705. The van der Waals surface area contributed by atoms with E-state index < -0.39 is 12.2 Å². The third-order valence-corrected chi connectivity index (χ3v) is 4.12. The summed E-state index contributed by atoms with van der Waals surface area (Å²) in [4.78, 5) is 28.7. The van der Waals surface area contributed by atoms with Gasteiger partial charge in [0.15, 0.2) is 11.5 Å². The van der Waals surface area contributed by atoms with Gasteiger partial charge in [0.2, 0.25) is 0 Å². The quantitative estimate of drug-likeness (QED) is 0.182. The lowest BCUT2D eigenvalue weighted by Crippen LogP contribution is -2.30. The molecule has 0 aromatic heterocycles. The summed E-state index contributed by atoms with van der Waals surface area (Å²) < 4.78 is 12.8. The molecule has 140 valence electrons. The summed E-state index contributed by atoms with van der Waals surface area (Å²) in [5.74, 6) is 2.89. The second-order valence-electron chi connectivity index (χ2n) is 4.56. The van der Waals surface area contributed by atoms with Crippen molar-refractivity contribution in [2.45, 2.75) is 6.92 Å². The van der Waals surface area contributed by atoms with Crippen LogP contribution >= 0.6 is 23.9 Å². The summed E-state index contributed by atoms with van der Waals surface area (Å²) in [6.45, 7) is 1.75. The molecular formula is C16H19N3O5S2. The van der Waals surface area contributed by atoms with Crippen molar-refractivity contribution in [3.05, 3.63) is 24.3 Å². The first-order chi connectivity index (χ1) is 12.4. The van der Waals surface area contributed by atoms with E-state index in [-0.39, 0.29) is 12.4 Å². The van der Waals surface area contributed by atoms with Crippen LogP contribution in [0.15, 0.2) is 29.4 Å². The Kier molecular flexibility index (Phi) is 9.25. The van der Waals surface area contributed by atoms with E-state index in [1.165, 1.54) is 25.9 Å². The van der Waals surface area contributed by atoms with Gasteiger partial charge in [-0.3, -0.25) is 4.84 Å². The standard InChI is InChI=1S/C16H19N3O5S2/c1-6-11-22-13-9-7-8-10-14(13)23-15(20)18(3)26-19(4)16(21)24-17-12(2)25-5/h1,7-10H,11H2,2-5H3/b17-12-. The second-order valence-corrected chi connectivity index (χ2v) is 6.81. The number of rotatable bonds is 6. The van der Waals surface area contributed by atoms with Crippen molar-refractivity contribution in [3.8, 4) is 23.8 Å². The smallest absolute Gasteiger partial charge is 0.447 e. The highest BCUT2D eigenvalue weighted by molar-refractivity contribution is 8.13. The maximum atomic E-state index is 12.2. The molecule has 1 aromatic rings. The highest BCUT2D eigenvalue weighted by atomic mass is 32.2. The van der Waals surface area contributed by atoms with Crippen molar-refractivity contribution < 1.29 is 23.9 Å². The van der Waals surface area contributed by atoms with Crippen molar-refractivity contribution >= 4 is 41.1 Å². The van der Waals surface area contributed by atoms with Crippen LogP contribution in [0, 0.1) is 12.3 Å². The van der Waals surface area contributed by atoms with Gasteiger partial charge in [-0.25, -0.2) is 18.2 Å². The van der Waals surface area contributed by atoms with Crippen molar-refractivity contribution in [3.63, 3.8) is 0 Å². The van der Waals surface area contributed by atoms with Gasteiger partial charge in [0.25, 0.3) is 0 Å². The molecule has 26 heavy (non-hydrogen) atoms. The van der Waals surface area contributed by atoms with Gasteiger partial charge in [0.1, 0.15) is 11.7 Å². The summed E-state index contributed by atoms with van der Waals surface area (Å²) in [6, 6.07) is 6.61. The van der Waals surface area contributed by atoms with Gasteiger partial charge >= 0.3 is 12.2 Å². The number of terminal acetylenes is 1. The molecule has 2 amide bonds. The Balaban J connectivity index is 2.63. The van der Waals surface area contributed by atoms with Crippen molar-refractivity contribution in [1.29, 1.82) is 0 Å². The maximum absolute atomic E-state index is 12.2. The van der Waals surface area contributed by atoms with Crippen molar-refractivity contribution in [1.82, 2.24) is 8.61 Å². The minimum atomic E-state index is -0.735. The van der Waals surface area contributed by atoms with Gasteiger partial charge in [-0.05, 0) is 25.3 Å². The SMILES string of the molecule is C#CCOc1ccccc1OC(=O)N(C)SN(C)C(=O)O/N=C(/C)SC. The van der Waals surface area contributed by atoms with Gasteiger partial charge in [-0.15, -0.1) is 18.2 Å². The Labute approximate surface area is 161 Å². The van der Waals surface area contributed by atoms with Gasteiger partial charge in [0, 0.05) is 14.1 Å². The third-order valence-electron chi connectivity index (χ3n) is 2.66. The molecule has 10 heteroatoms. The Hall–Kier alpha value is -2.51. The molecule has 0 aliphatic carbocycles. The molecule has 0 atom stereocenters. The first kappa shape index (κ1) is 21.5. The lowest BCUT2D eigenvalue weighted by atomic mass is 10.3. The number of para-hydroxylation sites is 2. The van der Waals surface area contributed by atoms with Crippen LogP contribution in [0.5, 0.6) is 11.5 Å². The largest absolute Gasteiger partial charge is 0.477 e. The van der Waals surface area contributed by atoms with E-state index in [2.05, 4.69) is 11.1 Å². The molecule has 0 fully saturated rings. The highest BCUT2D eigenvalue weighted by Gasteiger charge is 2.20. The molecule has 0 spiro atoms. The van der Waals surface area contributed by atoms with Gasteiger partial charge in [-0.1, -0.05) is 23.2 Å². The van der Waals surface area contributed by atoms with Gasteiger partial charge < -0.3 is 9.47 Å².